The van der Waals surface area contributed by atoms with Crippen LogP contribution in [0.25, 0.3) is 0 Å². The van der Waals surface area contributed by atoms with E-state index < -0.39 is 0 Å². The van der Waals surface area contributed by atoms with Crippen LogP contribution in [-0.2, 0) is 9.53 Å². The number of ether oxygens (including phenoxy) is 1. The van der Waals surface area contributed by atoms with Crippen LogP contribution >= 0.6 is 0 Å². The van der Waals surface area contributed by atoms with Gasteiger partial charge < -0.3 is 14.7 Å². The predicted molar refractivity (Wildman–Crippen MR) is 152 cm³/mol. The lowest BCUT2D eigenvalue weighted by atomic mass is 9.94. The van der Waals surface area contributed by atoms with Gasteiger partial charge in [-0.2, -0.15) is 0 Å². The number of carbonyl (C=O) groups is 1. The Balaban J connectivity index is 4.18. The van der Waals surface area contributed by atoms with Crippen molar-refractivity contribution in [1.82, 2.24) is 4.90 Å². The molecule has 0 aliphatic carbocycles. The van der Waals surface area contributed by atoms with Gasteiger partial charge in [-0.15, -0.1) is 0 Å². The monoisotopic (exact) mass is 497 g/mol. The van der Waals surface area contributed by atoms with Crippen LogP contribution in [0.3, 0.4) is 0 Å². The molecule has 0 aliphatic heterocycles. The maximum absolute atomic E-state index is 12.8. The van der Waals surface area contributed by atoms with E-state index in [1.165, 1.54) is 96.4 Å². The SMILES string of the molecule is CCCCCCCCC(CCCCCC)C(=O)OCCCCCN(CCCCO)CCCCCC. The second kappa shape index (κ2) is 28.0. The van der Waals surface area contributed by atoms with Crippen LogP contribution < -0.4 is 0 Å². The molecule has 0 saturated carbocycles. The van der Waals surface area contributed by atoms with Crippen molar-refractivity contribution in [2.24, 2.45) is 5.92 Å². The second-order valence-electron chi connectivity index (χ2n) is 10.7. The van der Waals surface area contributed by atoms with Gasteiger partial charge in [0, 0.05) is 6.61 Å². The normalized spacial score (nSPS) is 12.4. The van der Waals surface area contributed by atoms with Gasteiger partial charge in [0.2, 0.25) is 0 Å². The summed E-state index contributed by atoms with van der Waals surface area (Å²) in [5.41, 5.74) is 0. The maximum atomic E-state index is 12.8. The van der Waals surface area contributed by atoms with Gasteiger partial charge in [0.25, 0.3) is 0 Å². The fraction of sp³-hybridized carbons (Fsp3) is 0.968. The standard InChI is InChI=1S/C31H63NO3/c1-4-7-10-13-14-17-24-30(23-16-11-8-5-2)31(34)35-29-22-15-19-26-32(27-20-21-28-33)25-18-12-9-6-3/h30,33H,4-29H2,1-3H3. The van der Waals surface area contributed by atoms with E-state index in [9.17, 15) is 4.79 Å². The summed E-state index contributed by atoms with van der Waals surface area (Å²) in [6, 6.07) is 0. The Hall–Kier alpha value is -0.610. The van der Waals surface area contributed by atoms with Crippen LogP contribution in [-0.4, -0.2) is 48.8 Å². The molecule has 0 saturated heterocycles. The molecule has 0 radical (unpaired) electrons. The fourth-order valence-electron chi connectivity index (χ4n) is 4.82. The average Bonchev–Trinajstić information content (AvgIpc) is 2.86. The van der Waals surface area contributed by atoms with E-state index in [1.807, 2.05) is 0 Å². The molecule has 0 fully saturated rings. The first-order valence-electron chi connectivity index (χ1n) is 15.7. The fourth-order valence-corrected chi connectivity index (χ4v) is 4.82. The number of unbranched alkanes of at least 4 members (excludes halogenated alkanes) is 14. The van der Waals surface area contributed by atoms with E-state index in [4.69, 9.17) is 9.84 Å². The molecular weight excluding hydrogens is 434 g/mol. The average molecular weight is 498 g/mol. The first-order chi connectivity index (χ1) is 17.2. The zero-order chi connectivity index (χ0) is 25.8. The van der Waals surface area contributed by atoms with Crippen LogP contribution in [0.15, 0.2) is 0 Å². The first kappa shape index (κ1) is 34.4. The highest BCUT2D eigenvalue weighted by atomic mass is 16.5. The Morgan fingerprint density at radius 3 is 1.57 bits per heavy atom. The van der Waals surface area contributed by atoms with Gasteiger partial charge in [-0.3, -0.25) is 4.79 Å². The topological polar surface area (TPSA) is 49.8 Å². The van der Waals surface area contributed by atoms with Crippen molar-refractivity contribution in [3.63, 3.8) is 0 Å². The minimum Gasteiger partial charge on any atom is -0.465 e. The molecule has 0 bridgehead atoms. The van der Waals surface area contributed by atoms with Gasteiger partial charge in [0.15, 0.2) is 0 Å². The summed E-state index contributed by atoms with van der Waals surface area (Å²) in [5.74, 6) is 0.180. The number of esters is 1. The van der Waals surface area contributed by atoms with E-state index in [-0.39, 0.29) is 11.9 Å². The number of aliphatic hydroxyl groups excluding tert-OH is 1. The predicted octanol–water partition coefficient (Wildman–Crippen LogP) is 8.69. The van der Waals surface area contributed by atoms with Gasteiger partial charge in [-0.1, -0.05) is 104 Å². The highest BCUT2D eigenvalue weighted by Gasteiger charge is 2.19. The van der Waals surface area contributed by atoms with Gasteiger partial charge in [0.05, 0.1) is 12.5 Å². The summed E-state index contributed by atoms with van der Waals surface area (Å²) >= 11 is 0. The highest BCUT2D eigenvalue weighted by molar-refractivity contribution is 5.72. The van der Waals surface area contributed by atoms with Crippen molar-refractivity contribution in [2.45, 2.75) is 156 Å². The summed E-state index contributed by atoms with van der Waals surface area (Å²) < 4.78 is 5.75. The number of carbonyl (C=O) groups excluding carboxylic acids is 1. The molecule has 4 nitrogen and oxygen atoms in total. The maximum Gasteiger partial charge on any atom is 0.308 e. The van der Waals surface area contributed by atoms with E-state index >= 15 is 0 Å². The van der Waals surface area contributed by atoms with Crippen molar-refractivity contribution in [2.75, 3.05) is 32.8 Å². The van der Waals surface area contributed by atoms with Crippen LogP contribution in [0.4, 0.5) is 0 Å². The third-order valence-electron chi connectivity index (χ3n) is 7.22. The first-order valence-corrected chi connectivity index (χ1v) is 15.7. The molecule has 1 N–H and O–H groups in total. The molecule has 0 amide bonds. The van der Waals surface area contributed by atoms with Gasteiger partial charge in [-0.25, -0.2) is 0 Å². The van der Waals surface area contributed by atoms with Crippen molar-refractivity contribution < 1.29 is 14.6 Å². The molecule has 0 heterocycles. The number of hydrogen-bond donors (Lipinski definition) is 1. The van der Waals surface area contributed by atoms with Crippen LogP contribution in [0.1, 0.15) is 156 Å². The molecule has 35 heavy (non-hydrogen) atoms. The van der Waals surface area contributed by atoms with Crippen molar-refractivity contribution in [1.29, 1.82) is 0 Å². The van der Waals surface area contributed by atoms with E-state index in [0.717, 1.165) is 58.0 Å². The van der Waals surface area contributed by atoms with E-state index in [2.05, 4.69) is 25.7 Å². The van der Waals surface area contributed by atoms with E-state index in [1.54, 1.807) is 0 Å². The van der Waals surface area contributed by atoms with Crippen molar-refractivity contribution in [3.8, 4) is 0 Å². The molecule has 0 spiro atoms. The summed E-state index contributed by atoms with van der Waals surface area (Å²) in [7, 11) is 0. The highest BCUT2D eigenvalue weighted by Crippen LogP contribution is 2.20. The Morgan fingerprint density at radius 2 is 1.03 bits per heavy atom. The largest absolute Gasteiger partial charge is 0.465 e. The quantitative estimate of drug-likeness (QED) is 0.0867. The summed E-state index contributed by atoms with van der Waals surface area (Å²) in [4.78, 5) is 15.4. The summed E-state index contributed by atoms with van der Waals surface area (Å²) in [6.07, 6.45) is 25.1. The van der Waals surface area contributed by atoms with Crippen LogP contribution in [0, 0.1) is 5.92 Å². The Labute approximate surface area is 220 Å². The van der Waals surface area contributed by atoms with Crippen molar-refractivity contribution >= 4 is 5.97 Å². The number of nitrogens with zero attached hydrogens (tertiary/aromatic N) is 1. The third-order valence-corrected chi connectivity index (χ3v) is 7.22. The number of rotatable bonds is 28. The van der Waals surface area contributed by atoms with E-state index in [0.29, 0.717) is 13.2 Å². The van der Waals surface area contributed by atoms with Crippen LogP contribution in [0.2, 0.25) is 0 Å². The van der Waals surface area contributed by atoms with Crippen molar-refractivity contribution in [3.05, 3.63) is 0 Å². The molecule has 0 aromatic rings. The molecule has 1 unspecified atom stereocenters. The lowest BCUT2D eigenvalue weighted by Gasteiger charge is -2.22. The molecule has 0 rings (SSSR count). The van der Waals surface area contributed by atoms with Gasteiger partial charge in [0.1, 0.15) is 0 Å². The second-order valence-corrected chi connectivity index (χ2v) is 10.7. The van der Waals surface area contributed by atoms with Gasteiger partial charge >= 0.3 is 5.97 Å². The molecule has 1 atom stereocenters. The zero-order valence-corrected chi connectivity index (χ0v) is 24.2. The summed E-state index contributed by atoms with van der Waals surface area (Å²) in [6.45, 7) is 11.0. The Morgan fingerprint density at radius 1 is 0.600 bits per heavy atom. The zero-order valence-electron chi connectivity index (χ0n) is 24.2. The third kappa shape index (κ3) is 23.5. The smallest absolute Gasteiger partial charge is 0.308 e. The molecular formula is C31H63NO3. The molecule has 0 aromatic carbocycles. The Bertz CT molecular complexity index is 429. The lowest BCUT2D eigenvalue weighted by molar-refractivity contribution is -0.149. The summed E-state index contributed by atoms with van der Waals surface area (Å²) in [5, 5.41) is 9.09. The lowest BCUT2D eigenvalue weighted by Crippen LogP contribution is -2.27. The molecule has 0 aromatic heterocycles. The molecule has 0 aliphatic rings. The minimum atomic E-state index is 0.0663. The Kier molecular flexibility index (Phi) is 27.5. The molecule has 4 heteroatoms. The number of hydrogen-bond acceptors (Lipinski definition) is 4. The number of aliphatic hydroxyl groups is 1. The molecule has 210 valence electrons. The van der Waals surface area contributed by atoms with Crippen LogP contribution in [0.5, 0.6) is 0 Å². The minimum absolute atomic E-state index is 0.0663. The van der Waals surface area contributed by atoms with Gasteiger partial charge in [-0.05, 0) is 71.0 Å².